The highest BCUT2D eigenvalue weighted by molar-refractivity contribution is 7.10. The summed E-state index contributed by atoms with van der Waals surface area (Å²) in [5.74, 6) is -1.16. The van der Waals surface area contributed by atoms with E-state index in [4.69, 9.17) is 5.73 Å². The Morgan fingerprint density at radius 3 is 2.72 bits per heavy atom. The van der Waals surface area contributed by atoms with Crippen LogP contribution in [0.1, 0.15) is 23.9 Å². The minimum Gasteiger partial charge on any atom is -0.322 e. The summed E-state index contributed by atoms with van der Waals surface area (Å²) in [5, 5.41) is 2.71. The molecular formula is C13H12F2N2S. The van der Waals surface area contributed by atoms with Crippen LogP contribution in [-0.4, -0.2) is 4.98 Å². The molecule has 1 atom stereocenters. The van der Waals surface area contributed by atoms with Crippen molar-refractivity contribution in [2.75, 3.05) is 0 Å². The summed E-state index contributed by atoms with van der Waals surface area (Å²) >= 11 is 1.48. The molecule has 2 N–H and O–H groups in total. The maximum Gasteiger partial charge on any atom is 0.159 e. The first-order valence-electron chi connectivity index (χ1n) is 5.81. The van der Waals surface area contributed by atoms with E-state index in [-0.39, 0.29) is 6.04 Å². The average molecular weight is 266 g/mol. The number of nitrogens with zero attached hydrogens (tertiary/aromatic N) is 1. The van der Waals surface area contributed by atoms with E-state index in [9.17, 15) is 8.78 Å². The Balaban J connectivity index is 1.89. The van der Waals surface area contributed by atoms with E-state index in [1.54, 1.807) is 0 Å². The van der Waals surface area contributed by atoms with Crippen LogP contribution < -0.4 is 5.73 Å². The zero-order valence-corrected chi connectivity index (χ0v) is 10.4. The largest absolute Gasteiger partial charge is 0.322 e. The van der Waals surface area contributed by atoms with Crippen LogP contribution in [0.5, 0.6) is 0 Å². The van der Waals surface area contributed by atoms with Crippen LogP contribution in [-0.2, 0) is 0 Å². The van der Waals surface area contributed by atoms with Crippen LogP contribution in [0, 0.1) is 17.6 Å². The van der Waals surface area contributed by atoms with Crippen molar-refractivity contribution < 1.29 is 8.78 Å². The number of thiazole rings is 1. The third-order valence-corrected chi connectivity index (χ3v) is 4.10. The molecule has 3 rings (SSSR count). The fraction of sp³-hybridized carbons (Fsp3) is 0.308. The molecule has 0 radical (unpaired) electrons. The molecule has 1 aromatic carbocycles. The lowest BCUT2D eigenvalue weighted by molar-refractivity contribution is 0.509. The molecule has 0 bridgehead atoms. The number of hydrogen-bond donors (Lipinski definition) is 1. The highest BCUT2D eigenvalue weighted by Crippen LogP contribution is 2.40. The van der Waals surface area contributed by atoms with Crippen molar-refractivity contribution in [2.45, 2.75) is 18.9 Å². The van der Waals surface area contributed by atoms with Crippen molar-refractivity contribution >= 4 is 11.3 Å². The van der Waals surface area contributed by atoms with Gasteiger partial charge in [-0.2, -0.15) is 0 Å². The number of hydrogen-bond acceptors (Lipinski definition) is 3. The van der Waals surface area contributed by atoms with Gasteiger partial charge < -0.3 is 5.73 Å². The smallest absolute Gasteiger partial charge is 0.159 e. The van der Waals surface area contributed by atoms with Crippen LogP contribution in [0.3, 0.4) is 0 Å². The Morgan fingerprint density at radius 2 is 2.06 bits per heavy atom. The molecule has 94 valence electrons. The van der Waals surface area contributed by atoms with Gasteiger partial charge in [0.15, 0.2) is 11.6 Å². The van der Waals surface area contributed by atoms with E-state index in [1.807, 2.05) is 5.38 Å². The lowest BCUT2D eigenvalue weighted by Gasteiger charge is -2.04. The quantitative estimate of drug-likeness (QED) is 0.923. The molecule has 2 aromatic rings. The Hall–Kier alpha value is -1.33. The van der Waals surface area contributed by atoms with Gasteiger partial charge in [0, 0.05) is 10.9 Å². The normalized spacial score (nSPS) is 16.8. The second-order valence-electron chi connectivity index (χ2n) is 4.56. The number of rotatable bonds is 3. The summed E-state index contributed by atoms with van der Waals surface area (Å²) in [7, 11) is 0. The van der Waals surface area contributed by atoms with Crippen LogP contribution in [0.25, 0.3) is 11.3 Å². The van der Waals surface area contributed by atoms with E-state index in [0.717, 1.165) is 30.0 Å². The van der Waals surface area contributed by atoms with Crippen molar-refractivity contribution in [3.05, 3.63) is 40.2 Å². The summed E-state index contributed by atoms with van der Waals surface area (Å²) in [4.78, 5) is 4.42. The predicted octanol–water partition coefficient (Wildman–Crippen LogP) is 3.50. The van der Waals surface area contributed by atoms with Gasteiger partial charge in [0.1, 0.15) is 5.01 Å². The molecule has 1 unspecified atom stereocenters. The number of benzene rings is 1. The molecule has 0 amide bonds. The number of nitrogens with two attached hydrogens (primary N) is 1. The molecule has 1 heterocycles. The molecule has 1 aliphatic carbocycles. The van der Waals surface area contributed by atoms with Gasteiger partial charge in [0.2, 0.25) is 0 Å². The molecule has 1 fully saturated rings. The van der Waals surface area contributed by atoms with Crippen LogP contribution >= 0.6 is 11.3 Å². The fourth-order valence-electron chi connectivity index (χ4n) is 1.89. The molecule has 2 nitrogen and oxygen atoms in total. The second-order valence-corrected chi connectivity index (χ2v) is 5.45. The average Bonchev–Trinajstić information content (AvgIpc) is 3.09. The highest BCUT2D eigenvalue weighted by atomic mass is 32.1. The first kappa shape index (κ1) is 11.7. The third kappa shape index (κ3) is 2.15. The van der Waals surface area contributed by atoms with Gasteiger partial charge in [-0.3, -0.25) is 0 Å². The van der Waals surface area contributed by atoms with Crippen molar-refractivity contribution in [3.63, 3.8) is 0 Å². The van der Waals surface area contributed by atoms with E-state index in [2.05, 4.69) is 4.98 Å². The van der Waals surface area contributed by atoms with Gasteiger partial charge in [-0.1, -0.05) is 0 Å². The topological polar surface area (TPSA) is 38.9 Å². The summed E-state index contributed by atoms with van der Waals surface area (Å²) in [6.07, 6.45) is 2.31. The van der Waals surface area contributed by atoms with Crippen LogP contribution in [0.2, 0.25) is 0 Å². The molecule has 1 saturated carbocycles. The number of aromatic nitrogens is 1. The first-order chi connectivity index (χ1) is 8.65. The minimum absolute atomic E-state index is 0.0194. The Morgan fingerprint density at radius 1 is 1.28 bits per heavy atom. The Bertz CT molecular complexity index is 578. The van der Waals surface area contributed by atoms with Crippen molar-refractivity contribution in [3.8, 4) is 11.3 Å². The van der Waals surface area contributed by atoms with Crippen LogP contribution in [0.15, 0.2) is 23.6 Å². The Labute approximate surface area is 107 Å². The van der Waals surface area contributed by atoms with Crippen molar-refractivity contribution in [2.24, 2.45) is 11.7 Å². The summed E-state index contributed by atoms with van der Waals surface area (Å²) in [5.41, 5.74) is 7.30. The zero-order valence-electron chi connectivity index (χ0n) is 9.57. The molecule has 5 heteroatoms. The van der Waals surface area contributed by atoms with Gasteiger partial charge >= 0.3 is 0 Å². The maximum atomic E-state index is 13.1. The maximum absolute atomic E-state index is 13.1. The van der Waals surface area contributed by atoms with Gasteiger partial charge in [0.25, 0.3) is 0 Å². The molecule has 0 spiro atoms. The van der Waals surface area contributed by atoms with E-state index in [0.29, 0.717) is 17.2 Å². The molecule has 18 heavy (non-hydrogen) atoms. The molecule has 1 aliphatic rings. The predicted molar refractivity (Wildman–Crippen MR) is 67.1 cm³/mol. The van der Waals surface area contributed by atoms with E-state index >= 15 is 0 Å². The van der Waals surface area contributed by atoms with Crippen LogP contribution in [0.4, 0.5) is 8.78 Å². The molecular weight excluding hydrogens is 254 g/mol. The summed E-state index contributed by atoms with van der Waals surface area (Å²) < 4.78 is 26.0. The van der Waals surface area contributed by atoms with Gasteiger partial charge in [-0.05, 0) is 37.0 Å². The van der Waals surface area contributed by atoms with Crippen molar-refractivity contribution in [1.29, 1.82) is 0 Å². The summed E-state index contributed by atoms with van der Waals surface area (Å²) in [6, 6.07) is 3.79. The van der Waals surface area contributed by atoms with E-state index in [1.165, 1.54) is 17.4 Å². The molecule has 0 aliphatic heterocycles. The fourth-order valence-corrected chi connectivity index (χ4v) is 2.81. The third-order valence-electron chi connectivity index (χ3n) is 3.15. The molecule has 1 aromatic heterocycles. The standard InChI is InChI=1S/C13H12F2N2S/c14-9-4-3-8(5-10(9)15)11-6-18-13(17-11)12(16)7-1-2-7/h3-7,12H,1-2,16H2. The number of halogens is 2. The van der Waals surface area contributed by atoms with Crippen molar-refractivity contribution in [1.82, 2.24) is 4.98 Å². The first-order valence-corrected chi connectivity index (χ1v) is 6.69. The highest BCUT2D eigenvalue weighted by Gasteiger charge is 2.31. The molecule has 0 saturated heterocycles. The summed E-state index contributed by atoms with van der Waals surface area (Å²) in [6.45, 7) is 0. The van der Waals surface area contributed by atoms with Gasteiger partial charge in [-0.25, -0.2) is 13.8 Å². The zero-order chi connectivity index (χ0) is 12.7. The lowest BCUT2D eigenvalue weighted by Crippen LogP contribution is -2.11. The monoisotopic (exact) mass is 266 g/mol. The minimum atomic E-state index is -0.853. The second kappa shape index (κ2) is 4.40. The van der Waals surface area contributed by atoms with Gasteiger partial charge in [0.05, 0.1) is 11.7 Å². The Kier molecular flexibility index (Phi) is 2.87. The van der Waals surface area contributed by atoms with Gasteiger partial charge in [-0.15, -0.1) is 11.3 Å². The van der Waals surface area contributed by atoms with E-state index < -0.39 is 11.6 Å². The lowest BCUT2D eigenvalue weighted by atomic mass is 10.1. The SMILES string of the molecule is NC(c1nc(-c2ccc(F)c(F)c2)cs1)C1CC1.